The van der Waals surface area contributed by atoms with Gasteiger partial charge in [0, 0.05) is 35.8 Å². The number of nitrogens with one attached hydrogen (secondary N) is 1. The third-order valence-electron chi connectivity index (χ3n) is 3.53. The normalized spacial score (nSPS) is 18.9. The first-order valence-corrected chi connectivity index (χ1v) is 7.83. The smallest absolute Gasteiger partial charge is 0.0701 e. The summed E-state index contributed by atoms with van der Waals surface area (Å²) in [6.45, 7) is 0.940. The molecule has 0 bridgehead atoms. The lowest BCUT2D eigenvalue weighted by atomic mass is 9.93. The van der Waals surface area contributed by atoms with Crippen LogP contribution in [0.4, 0.5) is 0 Å². The quantitative estimate of drug-likeness (QED) is 0.937. The van der Waals surface area contributed by atoms with Crippen molar-refractivity contribution in [3.8, 4) is 0 Å². The van der Waals surface area contributed by atoms with E-state index in [1.54, 1.807) is 11.3 Å². The molecule has 0 radical (unpaired) electrons. The molecule has 1 atom stereocenters. The largest absolute Gasteiger partial charge is 0.305 e. The second kappa shape index (κ2) is 5.15. The van der Waals surface area contributed by atoms with Gasteiger partial charge in [-0.1, -0.05) is 0 Å². The van der Waals surface area contributed by atoms with Crippen molar-refractivity contribution < 1.29 is 0 Å². The summed E-state index contributed by atoms with van der Waals surface area (Å²) in [6, 6.07) is 4.75. The molecule has 1 aliphatic rings. The van der Waals surface area contributed by atoms with Gasteiger partial charge in [-0.3, -0.25) is 4.68 Å². The van der Waals surface area contributed by atoms with E-state index in [1.165, 1.54) is 32.8 Å². The summed E-state index contributed by atoms with van der Waals surface area (Å²) in [4.78, 5) is 1.37. The maximum absolute atomic E-state index is 4.38. The lowest BCUT2D eigenvalue weighted by molar-refractivity contribution is 0.453. The molecule has 96 valence electrons. The van der Waals surface area contributed by atoms with Crippen LogP contribution in [0.2, 0.25) is 0 Å². The van der Waals surface area contributed by atoms with Crippen molar-refractivity contribution in [1.29, 1.82) is 0 Å². The van der Waals surface area contributed by atoms with E-state index < -0.39 is 0 Å². The standard InChI is InChI=1S/C13H16BrN3S/c1-17-12-4-2-3-11(10(12)8-16-17)15-7-9-5-6-13(14)18-9/h5-6,8,11,15H,2-4,7H2,1H3/t11-/m0/s1. The number of aromatic nitrogens is 2. The fourth-order valence-electron chi connectivity index (χ4n) is 2.59. The molecule has 1 N–H and O–H groups in total. The Morgan fingerprint density at radius 2 is 2.44 bits per heavy atom. The zero-order chi connectivity index (χ0) is 12.5. The van der Waals surface area contributed by atoms with Crippen molar-refractivity contribution in [1.82, 2.24) is 15.1 Å². The van der Waals surface area contributed by atoms with Gasteiger partial charge in [0.1, 0.15) is 0 Å². The molecule has 1 aliphatic carbocycles. The van der Waals surface area contributed by atoms with Crippen LogP contribution in [0.25, 0.3) is 0 Å². The van der Waals surface area contributed by atoms with E-state index in [0.29, 0.717) is 6.04 Å². The van der Waals surface area contributed by atoms with Crippen molar-refractivity contribution >= 4 is 27.3 Å². The maximum atomic E-state index is 4.38. The molecular formula is C13H16BrN3S. The van der Waals surface area contributed by atoms with Crippen LogP contribution in [-0.2, 0) is 20.0 Å². The topological polar surface area (TPSA) is 29.9 Å². The van der Waals surface area contributed by atoms with Crippen molar-refractivity contribution in [2.45, 2.75) is 31.8 Å². The lowest BCUT2D eigenvalue weighted by Gasteiger charge is -2.23. The highest BCUT2D eigenvalue weighted by molar-refractivity contribution is 9.11. The highest BCUT2D eigenvalue weighted by Crippen LogP contribution is 2.30. The molecule has 3 rings (SSSR count). The summed E-state index contributed by atoms with van der Waals surface area (Å²) in [5, 5.41) is 8.04. The highest BCUT2D eigenvalue weighted by Gasteiger charge is 2.22. The fourth-order valence-corrected chi connectivity index (χ4v) is 4.02. The number of hydrogen-bond donors (Lipinski definition) is 1. The van der Waals surface area contributed by atoms with Crippen LogP contribution < -0.4 is 5.32 Å². The number of thiophene rings is 1. The van der Waals surface area contributed by atoms with Gasteiger partial charge in [0.05, 0.1) is 9.98 Å². The molecule has 0 amide bonds. The first-order chi connectivity index (χ1) is 8.74. The number of rotatable bonds is 3. The Balaban J connectivity index is 1.71. The summed E-state index contributed by atoms with van der Waals surface area (Å²) in [5.74, 6) is 0. The Bertz CT molecular complexity index is 546. The minimum Gasteiger partial charge on any atom is -0.305 e. The van der Waals surface area contributed by atoms with Crippen molar-refractivity contribution in [2.75, 3.05) is 0 Å². The Morgan fingerprint density at radius 1 is 1.56 bits per heavy atom. The minimum atomic E-state index is 0.461. The van der Waals surface area contributed by atoms with Crippen molar-refractivity contribution in [3.05, 3.63) is 38.3 Å². The molecule has 0 unspecified atom stereocenters. The van der Waals surface area contributed by atoms with E-state index >= 15 is 0 Å². The van der Waals surface area contributed by atoms with Crippen LogP contribution in [0.3, 0.4) is 0 Å². The number of nitrogens with zero attached hydrogens (tertiary/aromatic N) is 2. The predicted molar refractivity (Wildman–Crippen MR) is 77.7 cm³/mol. The summed E-state index contributed by atoms with van der Waals surface area (Å²) in [5.41, 5.74) is 2.78. The zero-order valence-corrected chi connectivity index (χ0v) is 12.7. The van der Waals surface area contributed by atoms with E-state index in [-0.39, 0.29) is 0 Å². The van der Waals surface area contributed by atoms with Gasteiger partial charge >= 0.3 is 0 Å². The third kappa shape index (κ3) is 2.39. The summed E-state index contributed by atoms with van der Waals surface area (Å²) in [6.07, 6.45) is 5.65. The SMILES string of the molecule is Cn1ncc2c1CCC[C@@H]2NCc1ccc(Br)s1. The average Bonchev–Trinajstić information content (AvgIpc) is 2.94. The van der Waals surface area contributed by atoms with Gasteiger partial charge in [0.25, 0.3) is 0 Å². The Labute approximate surface area is 119 Å². The van der Waals surface area contributed by atoms with Crippen LogP contribution >= 0.6 is 27.3 Å². The molecule has 2 heterocycles. The van der Waals surface area contributed by atoms with Crippen LogP contribution in [-0.4, -0.2) is 9.78 Å². The zero-order valence-electron chi connectivity index (χ0n) is 10.3. The van der Waals surface area contributed by atoms with Gasteiger partial charge in [-0.15, -0.1) is 11.3 Å². The minimum absolute atomic E-state index is 0.461. The molecule has 0 aromatic carbocycles. The van der Waals surface area contributed by atoms with Crippen LogP contribution in [0.15, 0.2) is 22.1 Å². The number of halogens is 1. The number of fused-ring (bicyclic) bond motifs is 1. The Kier molecular flexibility index (Phi) is 3.54. The van der Waals surface area contributed by atoms with Gasteiger partial charge in [-0.25, -0.2) is 0 Å². The van der Waals surface area contributed by atoms with Crippen LogP contribution in [0.5, 0.6) is 0 Å². The van der Waals surface area contributed by atoms with E-state index in [9.17, 15) is 0 Å². The maximum Gasteiger partial charge on any atom is 0.0701 e. The van der Waals surface area contributed by atoms with Gasteiger partial charge in [0.2, 0.25) is 0 Å². The molecule has 0 saturated carbocycles. The average molecular weight is 326 g/mol. The number of aryl methyl sites for hydroxylation is 1. The van der Waals surface area contributed by atoms with E-state index in [0.717, 1.165) is 13.0 Å². The van der Waals surface area contributed by atoms with Gasteiger partial charge in [-0.05, 0) is 47.3 Å². The van der Waals surface area contributed by atoms with Crippen molar-refractivity contribution in [3.63, 3.8) is 0 Å². The van der Waals surface area contributed by atoms with Gasteiger partial charge in [0.15, 0.2) is 0 Å². The fraction of sp³-hybridized carbons (Fsp3) is 0.462. The second-order valence-corrected chi connectivity index (χ2v) is 7.25. The van der Waals surface area contributed by atoms with E-state index in [1.807, 2.05) is 17.9 Å². The highest BCUT2D eigenvalue weighted by atomic mass is 79.9. The third-order valence-corrected chi connectivity index (χ3v) is 5.15. The van der Waals surface area contributed by atoms with E-state index in [2.05, 4.69) is 38.5 Å². The molecule has 5 heteroatoms. The molecular weight excluding hydrogens is 310 g/mol. The number of hydrogen-bond acceptors (Lipinski definition) is 3. The molecule has 3 nitrogen and oxygen atoms in total. The molecule has 2 aromatic heterocycles. The van der Waals surface area contributed by atoms with Gasteiger partial charge < -0.3 is 5.32 Å². The summed E-state index contributed by atoms with van der Waals surface area (Å²) in [7, 11) is 2.04. The first-order valence-electron chi connectivity index (χ1n) is 6.22. The van der Waals surface area contributed by atoms with Crippen molar-refractivity contribution in [2.24, 2.45) is 7.05 Å². The van der Waals surface area contributed by atoms with E-state index in [4.69, 9.17) is 0 Å². The molecule has 0 aliphatic heterocycles. The second-order valence-electron chi connectivity index (χ2n) is 4.70. The summed E-state index contributed by atoms with van der Waals surface area (Å²) >= 11 is 5.30. The summed E-state index contributed by atoms with van der Waals surface area (Å²) < 4.78 is 3.22. The monoisotopic (exact) mass is 325 g/mol. The molecule has 0 spiro atoms. The van der Waals surface area contributed by atoms with Gasteiger partial charge in [-0.2, -0.15) is 5.10 Å². The molecule has 0 saturated heterocycles. The first kappa shape index (κ1) is 12.4. The van der Waals surface area contributed by atoms with Crippen LogP contribution in [0.1, 0.15) is 35.0 Å². The molecule has 2 aromatic rings. The predicted octanol–water partition coefficient (Wildman–Crippen LogP) is 3.41. The lowest BCUT2D eigenvalue weighted by Crippen LogP contribution is -2.24. The Morgan fingerprint density at radius 3 is 3.22 bits per heavy atom. The van der Waals surface area contributed by atoms with Crippen LogP contribution in [0, 0.1) is 0 Å². The molecule has 0 fully saturated rings. The Hall–Kier alpha value is -0.650. The molecule has 18 heavy (non-hydrogen) atoms.